The van der Waals surface area contributed by atoms with E-state index in [0.717, 1.165) is 24.2 Å². The third kappa shape index (κ3) is 4.32. The van der Waals surface area contributed by atoms with Gasteiger partial charge in [-0.25, -0.2) is 0 Å². The van der Waals surface area contributed by atoms with Gasteiger partial charge in [0.1, 0.15) is 0 Å². The van der Waals surface area contributed by atoms with Gasteiger partial charge in [-0.3, -0.25) is 9.48 Å². The first-order valence-electron chi connectivity index (χ1n) is 8.48. The number of hydrogen-bond donors (Lipinski definition) is 0. The zero-order valence-corrected chi connectivity index (χ0v) is 14.5. The van der Waals surface area contributed by atoms with Crippen molar-refractivity contribution in [3.63, 3.8) is 0 Å². The summed E-state index contributed by atoms with van der Waals surface area (Å²) in [6.07, 6.45) is 7.50. The molecule has 1 saturated heterocycles. The summed E-state index contributed by atoms with van der Waals surface area (Å²) < 4.78 is 1.93. The maximum atomic E-state index is 12.4. The number of amides is 1. The second-order valence-electron chi connectivity index (χ2n) is 6.51. The molecular formula is C17H30N4O. The minimum absolute atomic E-state index is 0.239. The highest BCUT2D eigenvalue weighted by atomic mass is 16.2. The minimum atomic E-state index is 0.239. The van der Waals surface area contributed by atoms with Crippen LogP contribution in [0.25, 0.3) is 0 Å². The molecule has 1 aromatic heterocycles. The molecule has 1 aliphatic heterocycles. The fraction of sp³-hybridized carbons (Fsp3) is 0.765. The Balaban J connectivity index is 1.82. The molecule has 0 unspecified atom stereocenters. The lowest BCUT2D eigenvalue weighted by Gasteiger charge is -2.32. The lowest BCUT2D eigenvalue weighted by Crippen LogP contribution is -2.37. The minimum Gasteiger partial charge on any atom is -0.341 e. The maximum Gasteiger partial charge on any atom is 0.222 e. The van der Waals surface area contributed by atoms with Gasteiger partial charge in [-0.2, -0.15) is 5.10 Å². The first-order chi connectivity index (χ1) is 10.5. The molecule has 0 spiro atoms. The Bertz CT molecular complexity index is 497. The molecule has 5 nitrogen and oxygen atoms in total. The van der Waals surface area contributed by atoms with Crippen LogP contribution in [-0.2, 0) is 17.9 Å². The second-order valence-corrected chi connectivity index (χ2v) is 6.51. The van der Waals surface area contributed by atoms with Crippen LogP contribution in [0.15, 0.2) is 6.20 Å². The van der Waals surface area contributed by atoms with E-state index in [0.29, 0.717) is 19.0 Å². The molecule has 0 aliphatic carbocycles. The molecular weight excluding hydrogens is 276 g/mol. The summed E-state index contributed by atoms with van der Waals surface area (Å²) in [6.45, 7) is 6.78. The van der Waals surface area contributed by atoms with E-state index in [1.807, 2.05) is 29.7 Å². The molecule has 1 fully saturated rings. The van der Waals surface area contributed by atoms with Gasteiger partial charge in [0.15, 0.2) is 0 Å². The number of hydrogen-bond acceptors (Lipinski definition) is 3. The van der Waals surface area contributed by atoms with Gasteiger partial charge in [0.05, 0.1) is 5.69 Å². The van der Waals surface area contributed by atoms with Crippen LogP contribution in [0.5, 0.6) is 0 Å². The Morgan fingerprint density at radius 3 is 2.86 bits per heavy atom. The van der Waals surface area contributed by atoms with E-state index in [4.69, 9.17) is 0 Å². The van der Waals surface area contributed by atoms with Crippen molar-refractivity contribution in [3.05, 3.63) is 17.5 Å². The molecule has 124 valence electrons. The van der Waals surface area contributed by atoms with Crippen LogP contribution in [0, 0.1) is 6.92 Å². The zero-order chi connectivity index (χ0) is 16.1. The fourth-order valence-corrected chi connectivity index (χ4v) is 3.21. The van der Waals surface area contributed by atoms with E-state index < -0.39 is 0 Å². The van der Waals surface area contributed by atoms with Crippen molar-refractivity contribution in [2.75, 3.05) is 20.6 Å². The number of nitrogens with zero attached hydrogens (tertiary/aromatic N) is 4. The topological polar surface area (TPSA) is 41.4 Å². The molecule has 22 heavy (non-hydrogen) atoms. The van der Waals surface area contributed by atoms with Crippen LogP contribution in [0.3, 0.4) is 0 Å². The highest BCUT2D eigenvalue weighted by Gasteiger charge is 2.21. The van der Waals surface area contributed by atoms with Gasteiger partial charge in [0.2, 0.25) is 5.91 Å². The standard InChI is InChI=1S/C17H30N4O/c1-5-21-13-15(14(2)18-21)12-20(4)17(22)10-9-16-8-6-7-11-19(16)3/h13,16H,5-12H2,1-4H3/t16-/m1/s1. The summed E-state index contributed by atoms with van der Waals surface area (Å²) in [5, 5.41) is 4.44. The Labute approximate surface area is 134 Å². The number of aromatic nitrogens is 2. The number of likely N-dealkylation sites (tertiary alicyclic amines) is 1. The number of carbonyl (C=O) groups excluding carboxylic acids is 1. The normalized spacial score (nSPS) is 19.4. The van der Waals surface area contributed by atoms with Crippen LogP contribution in [0.4, 0.5) is 0 Å². The predicted octanol–water partition coefficient (Wildman–Crippen LogP) is 2.43. The van der Waals surface area contributed by atoms with Crippen molar-refractivity contribution in [2.24, 2.45) is 0 Å². The summed E-state index contributed by atoms with van der Waals surface area (Å²) in [4.78, 5) is 16.6. The van der Waals surface area contributed by atoms with E-state index in [1.165, 1.54) is 25.8 Å². The molecule has 0 bridgehead atoms. The van der Waals surface area contributed by atoms with Gasteiger partial charge < -0.3 is 9.80 Å². The van der Waals surface area contributed by atoms with Crippen LogP contribution >= 0.6 is 0 Å². The lowest BCUT2D eigenvalue weighted by molar-refractivity contribution is -0.130. The molecule has 5 heteroatoms. The van der Waals surface area contributed by atoms with Crippen LogP contribution in [0.2, 0.25) is 0 Å². The van der Waals surface area contributed by atoms with Crippen molar-refractivity contribution in [2.45, 2.75) is 65.1 Å². The maximum absolute atomic E-state index is 12.4. The number of aryl methyl sites for hydroxylation is 2. The monoisotopic (exact) mass is 306 g/mol. The molecule has 2 rings (SSSR count). The van der Waals surface area contributed by atoms with E-state index >= 15 is 0 Å². The summed E-state index contributed by atoms with van der Waals surface area (Å²) in [5.41, 5.74) is 2.17. The highest BCUT2D eigenvalue weighted by molar-refractivity contribution is 5.75. The van der Waals surface area contributed by atoms with Crippen molar-refractivity contribution in [3.8, 4) is 0 Å². The summed E-state index contributed by atoms with van der Waals surface area (Å²) in [7, 11) is 4.08. The van der Waals surface area contributed by atoms with Gasteiger partial charge in [0.25, 0.3) is 0 Å². The molecule has 1 atom stereocenters. The molecule has 0 aromatic carbocycles. The quantitative estimate of drug-likeness (QED) is 0.810. The van der Waals surface area contributed by atoms with Gasteiger partial charge in [-0.05, 0) is 46.7 Å². The van der Waals surface area contributed by atoms with E-state index in [2.05, 4.69) is 24.0 Å². The molecule has 0 N–H and O–H groups in total. The summed E-state index contributed by atoms with van der Waals surface area (Å²) in [6, 6.07) is 0.579. The average Bonchev–Trinajstić information content (AvgIpc) is 2.86. The molecule has 2 heterocycles. The summed E-state index contributed by atoms with van der Waals surface area (Å²) >= 11 is 0. The number of rotatable bonds is 6. The molecule has 1 aliphatic rings. The second kappa shape index (κ2) is 7.77. The number of piperidine rings is 1. The first-order valence-corrected chi connectivity index (χ1v) is 8.48. The van der Waals surface area contributed by atoms with Crippen molar-refractivity contribution in [1.29, 1.82) is 0 Å². The zero-order valence-electron chi connectivity index (χ0n) is 14.5. The molecule has 0 saturated carbocycles. The van der Waals surface area contributed by atoms with Gasteiger partial charge >= 0.3 is 0 Å². The Hall–Kier alpha value is -1.36. The van der Waals surface area contributed by atoms with Gasteiger partial charge in [-0.15, -0.1) is 0 Å². The number of carbonyl (C=O) groups is 1. The molecule has 1 aromatic rings. The summed E-state index contributed by atoms with van der Waals surface area (Å²) in [5.74, 6) is 0.239. The van der Waals surface area contributed by atoms with E-state index in [1.54, 1.807) is 0 Å². The Morgan fingerprint density at radius 1 is 1.45 bits per heavy atom. The van der Waals surface area contributed by atoms with Crippen LogP contribution < -0.4 is 0 Å². The third-order valence-corrected chi connectivity index (χ3v) is 4.82. The van der Waals surface area contributed by atoms with Gasteiger partial charge in [0, 0.05) is 44.4 Å². The van der Waals surface area contributed by atoms with Crippen molar-refractivity contribution in [1.82, 2.24) is 19.6 Å². The Morgan fingerprint density at radius 2 is 2.23 bits per heavy atom. The smallest absolute Gasteiger partial charge is 0.222 e. The predicted molar refractivity (Wildman–Crippen MR) is 88.6 cm³/mol. The van der Waals surface area contributed by atoms with Crippen molar-refractivity contribution >= 4 is 5.91 Å². The van der Waals surface area contributed by atoms with Gasteiger partial charge in [-0.1, -0.05) is 6.42 Å². The van der Waals surface area contributed by atoms with E-state index in [9.17, 15) is 4.79 Å². The SMILES string of the molecule is CCn1cc(CN(C)C(=O)CC[C@H]2CCCCN2C)c(C)n1. The molecule has 1 amide bonds. The Kier molecular flexibility index (Phi) is 6.00. The van der Waals surface area contributed by atoms with Crippen LogP contribution in [-0.4, -0.2) is 52.2 Å². The molecule has 0 radical (unpaired) electrons. The lowest BCUT2D eigenvalue weighted by atomic mass is 9.98. The largest absolute Gasteiger partial charge is 0.341 e. The third-order valence-electron chi connectivity index (χ3n) is 4.82. The average molecular weight is 306 g/mol. The van der Waals surface area contributed by atoms with Crippen molar-refractivity contribution < 1.29 is 4.79 Å². The highest BCUT2D eigenvalue weighted by Crippen LogP contribution is 2.19. The van der Waals surface area contributed by atoms with Crippen LogP contribution in [0.1, 0.15) is 50.3 Å². The van der Waals surface area contributed by atoms with E-state index in [-0.39, 0.29) is 5.91 Å². The first kappa shape index (κ1) is 17.0. The fourth-order valence-electron chi connectivity index (χ4n) is 3.21.